The van der Waals surface area contributed by atoms with Gasteiger partial charge in [-0.15, -0.1) is 0 Å². The standard InChI is InChI=1S/C24H29ClO5/c25-23-8-3-17(24-14-19(27)13-22(15-26)30-24)12-18(23)11-16-1-4-20(5-2-16)28-9-10-29-21-6-7-21/h1-5,8,12,19,21-22,24,26-27H,6-7,9-11,13-15H2. The van der Waals surface area contributed by atoms with Gasteiger partial charge < -0.3 is 24.4 Å². The molecule has 0 amide bonds. The number of aliphatic hydroxyl groups excluding tert-OH is 2. The summed E-state index contributed by atoms with van der Waals surface area (Å²) in [5, 5.41) is 20.2. The molecule has 3 atom stereocenters. The molecule has 2 N–H and O–H groups in total. The highest BCUT2D eigenvalue weighted by Crippen LogP contribution is 2.34. The van der Waals surface area contributed by atoms with E-state index in [0.29, 0.717) is 43.6 Å². The van der Waals surface area contributed by atoms with Crippen LogP contribution in [-0.4, -0.2) is 48.3 Å². The molecule has 1 saturated carbocycles. The average molecular weight is 433 g/mol. The van der Waals surface area contributed by atoms with Gasteiger partial charge in [0.25, 0.3) is 0 Å². The maximum atomic E-state index is 10.1. The molecular weight excluding hydrogens is 404 g/mol. The molecule has 2 aliphatic rings. The van der Waals surface area contributed by atoms with Gasteiger partial charge in [0.2, 0.25) is 0 Å². The number of hydrogen-bond acceptors (Lipinski definition) is 5. The summed E-state index contributed by atoms with van der Waals surface area (Å²) in [5.41, 5.74) is 3.11. The molecule has 2 aromatic carbocycles. The van der Waals surface area contributed by atoms with Crippen LogP contribution in [0.2, 0.25) is 5.02 Å². The lowest BCUT2D eigenvalue weighted by molar-refractivity contribution is -0.113. The molecule has 1 heterocycles. The van der Waals surface area contributed by atoms with Crippen LogP contribution < -0.4 is 4.74 Å². The smallest absolute Gasteiger partial charge is 0.119 e. The summed E-state index contributed by atoms with van der Waals surface area (Å²) in [6, 6.07) is 13.9. The second-order valence-electron chi connectivity index (χ2n) is 8.14. The minimum atomic E-state index is -0.470. The van der Waals surface area contributed by atoms with Gasteiger partial charge in [-0.2, -0.15) is 0 Å². The Morgan fingerprint density at radius 1 is 1.03 bits per heavy atom. The van der Waals surface area contributed by atoms with E-state index in [4.69, 9.17) is 25.8 Å². The van der Waals surface area contributed by atoms with Crippen LogP contribution in [0.4, 0.5) is 0 Å². The molecule has 0 aromatic heterocycles. The van der Waals surface area contributed by atoms with Gasteiger partial charge in [0.15, 0.2) is 0 Å². The topological polar surface area (TPSA) is 68.2 Å². The Morgan fingerprint density at radius 2 is 1.83 bits per heavy atom. The first-order chi connectivity index (χ1) is 14.6. The molecular formula is C24H29ClO5. The van der Waals surface area contributed by atoms with Crippen molar-refractivity contribution in [3.63, 3.8) is 0 Å². The van der Waals surface area contributed by atoms with E-state index in [1.54, 1.807) is 0 Å². The van der Waals surface area contributed by atoms with Crippen LogP contribution in [-0.2, 0) is 15.9 Å². The van der Waals surface area contributed by atoms with Crippen molar-refractivity contribution in [2.45, 2.75) is 56.5 Å². The first-order valence-electron chi connectivity index (χ1n) is 10.7. The number of ether oxygens (including phenoxy) is 3. The van der Waals surface area contributed by atoms with Gasteiger partial charge in [-0.25, -0.2) is 0 Å². The van der Waals surface area contributed by atoms with E-state index in [2.05, 4.69) is 0 Å². The van der Waals surface area contributed by atoms with Crippen LogP contribution in [0.3, 0.4) is 0 Å². The Kier molecular flexibility index (Phi) is 7.28. The lowest BCUT2D eigenvalue weighted by atomic mass is 9.94. The molecule has 6 heteroatoms. The van der Waals surface area contributed by atoms with Gasteiger partial charge >= 0.3 is 0 Å². The molecule has 1 aliphatic heterocycles. The van der Waals surface area contributed by atoms with Crippen LogP contribution >= 0.6 is 11.6 Å². The zero-order valence-electron chi connectivity index (χ0n) is 17.0. The molecule has 3 unspecified atom stereocenters. The highest BCUT2D eigenvalue weighted by Gasteiger charge is 2.29. The summed E-state index contributed by atoms with van der Waals surface area (Å²) in [6.45, 7) is 1.10. The van der Waals surface area contributed by atoms with Gasteiger partial charge in [0.05, 0.1) is 37.6 Å². The van der Waals surface area contributed by atoms with Gasteiger partial charge in [-0.1, -0.05) is 35.9 Å². The molecule has 0 bridgehead atoms. The van der Waals surface area contributed by atoms with E-state index in [0.717, 1.165) is 22.4 Å². The largest absolute Gasteiger partial charge is 0.491 e. The molecule has 4 rings (SSSR count). The summed E-state index contributed by atoms with van der Waals surface area (Å²) in [4.78, 5) is 0. The Bertz CT molecular complexity index is 821. The predicted molar refractivity (Wildman–Crippen MR) is 115 cm³/mol. The fourth-order valence-corrected chi connectivity index (χ4v) is 3.97. The zero-order chi connectivity index (χ0) is 20.9. The monoisotopic (exact) mass is 432 g/mol. The SMILES string of the molecule is OCC1CC(O)CC(c2ccc(Cl)c(Cc3ccc(OCCOC4CC4)cc3)c2)O1. The first kappa shape index (κ1) is 21.6. The second-order valence-corrected chi connectivity index (χ2v) is 8.55. The van der Waals surface area contributed by atoms with E-state index in [-0.39, 0.29) is 18.8 Å². The van der Waals surface area contributed by atoms with Gasteiger partial charge in [-0.3, -0.25) is 0 Å². The van der Waals surface area contributed by atoms with Crippen molar-refractivity contribution in [3.8, 4) is 5.75 Å². The van der Waals surface area contributed by atoms with Crippen molar-refractivity contribution in [3.05, 3.63) is 64.2 Å². The third kappa shape index (κ3) is 5.96. The molecule has 1 aliphatic carbocycles. The van der Waals surface area contributed by atoms with Crippen LogP contribution in [0.25, 0.3) is 0 Å². The minimum absolute atomic E-state index is 0.0882. The number of aliphatic hydroxyl groups is 2. The molecule has 162 valence electrons. The summed E-state index contributed by atoms with van der Waals surface area (Å²) >= 11 is 6.45. The number of hydrogen-bond donors (Lipinski definition) is 2. The third-order valence-corrected chi connectivity index (χ3v) is 5.94. The third-order valence-electron chi connectivity index (χ3n) is 5.57. The predicted octanol–water partition coefficient (Wildman–Crippen LogP) is 4.06. The summed E-state index contributed by atoms with van der Waals surface area (Å²) in [6.07, 6.45) is 3.44. The zero-order valence-corrected chi connectivity index (χ0v) is 17.8. The van der Waals surface area contributed by atoms with E-state index in [1.807, 2.05) is 42.5 Å². The lowest BCUT2D eigenvalue weighted by Gasteiger charge is -2.32. The van der Waals surface area contributed by atoms with E-state index in [1.165, 1.54) is 12.8 Å². The normalized spacial score (nSPS) is 24.0. The van der Waals surface area contributed by atoms with Crippen LogP contribution in [0.1, 0.15) is 48.5 Å². The van der Waals surface area contributed by atoms with Crippen molar-refractivity contribution in [2.24, 2.45) is 0 Å². The van der Waals surface area contributed by atoms with Crippen molar-refractivity contribution < 1.29 is 24.4 Å². The summed E-state index contributed by atoms with van der Waals surface area (Å²) < 4.78 is 17.3. The quantitative estimate of drug-likeness (QED) is 0.585. The van der Waals surface area contributed by atoms with Crippen molar-refractivity contribution in [1.29, 1.82) is 0 Å². The Morgan fingerprint density at radius 3 is 2.57 bits per heavy atom. The fraction of sp³-hybridized carbons (Fsp3) is 0.500. The van der Waals surface area contributed by atoms with Crippen LogP contribution in [0, 0.1) is 0 Å². The highest BCUT2D eigenvalue weighted by molar-refractivity contribution is 6.31. The molecule has 0 spiro atoms. The lowest BCUT2D eigenvalue weighted by Crippen LogP contribution is -2.33. The van der Waals surface area contributed by atoms with Crippen molar-refractivity contribution >= 4 is 11.6 Å². The molecule has 0 radical (unpaired) electrons. The van der Waals surface area contributed by atoms with Gasteiger partial charge in [0.1, 0.15) is 12.4 Å². The van der Waals surface area contributed by atoms with Crippen LogP contribution in [0.5, 0.6) is 5.75 Å². The summed E-state index contributed by atoms with van der Waals surface area (Å²) in [5.74, 6) is 0.831. The second kappa shape index (κ2) is 10.1. The Hall–Kier alpha value is -1.63. The van der Waals surface area contributed by atoms with Crippen LogP contribution in [0.15, 0.2) is 42.5 Å². The van der Waals surface area contributed by atoms with Crippen molar-refractivity contribution in [2.75, 3.05) is 19.8 Å². The number of halogens is 1. The van der Waals surface area contributed by atoms with E-state index >= 15 is 0 Å². The molecule has 1 saturated heterocycles. The average Bonchev–Trinajstić information content (AvgIpc) is 3.58. The molecule has 2 fully saturated rings. The van der Waals surface area contributed by atoms with Gasteiger partial charge in [-0.05, 0) is 54.2 Å². The number of rotatable bonds is 9. The maximum Gasteiger partial charge on any atom is 0.119 e. The number of benzene rings is 2. The first-order valence-corrected chi connectivity index (χ1v) is 11.0. The highest BCUT2D eigenvalue weighted by atomic mass is 35.5. The summed E-state index contributed by atoms with van der Waals surface area (Å²) in [7, 11) is 0. The molecule has 30 heavy (non-hydrogen) atoms. The molecule has 5 nitrogen and oxygen atoms in total. The Labute approximate surface area is 182 Å². The van der Waals surface area contributed by atoms with E-state index < -0.39 is 6.10 Å². The minimum Gasteiger partial charge on any atom is -0.491 e. The Balaban J connectivity index is 1.37. The molecule has 2 aromatic rings. The van der Waals surface area contributed by atoms with Gasteiger partial charge in [0, 0.05) is 17.9 Å². The maximum absolute atomic E-state index is 10.1. The fourth-order valence-electron chi connectivity index (χ4n) is 3.79. The van der Waals surface area contributed by atoms with E-state index in [9.17, 15) is 10.2 Å². The van der Waals surface area contributed by atoms with Crippen molar-refractivity contribution in [1.82, 2.24) is 0 Å².